The number of pyridine rings is 1. The van der Waals surface area contributed by atoms with Crippen molar-refractivity contribution in [1.29, 1.82) is 0 Å². The smallest absolute Gasteiger partial charge is 0.223 e. The van der Waals surface area contributed by atoms with Crippen molar-refractivity contribution in [3.8, 4) is 0 Å². The number of nitrogens with zero attached hydrogens (tertiary/aromatic N) is 1. The molecule has 4 nitrogen and oxygen atoms in total. The maximum Gasteiger partial charge on any atom is 0.223 e. The van der Waals surface area contributed by atoms with Gasteiger partial charge in [-0.1, -0.05) is 35.9 Å². The Bertz CT molecular complexity index is 669. The van der Waals surface area contributed by atoms with Gasteiger partial charge in [0.1, 0.15) is 6.54 Å². The van der Waals surface area contributed by atoms with Crippen LogP contribution in [0.5, 0.6) is 0 Å². The SMILES string of the molecule is O=C(NCc1ccccc1Cl)C1CC[NH+](Cc2cccnc2)CC1. The van der Waals surface area contributed by atoms with Crippen molar-refractivity contribution in [1.82, 2.24) is 10.3 Å². The molecule has 0 unspecified atom stereocenters. The van der Waals surface area contributed by atoms with Crippen LogP contribution < -0.4 is 10.2 Å². The minimum atomic E-state index is 0.116. The zero-order valence-electron chi connectivity index (χ0n) is 13.7. The van der Waals surface area contributed by atoms with Gasteiger partial charge >= 0.3 is 0 Å². The van der Waals surface area contributed by atoms with Crippen molar-refractivity contribution in [3.63, 3.8) is 0 Å². The number of carbonyl (C=O) groups is 1. The Labute approximate surface area is 147 Å². The molecule has 1 aromatic heterocycles. The molecule has 1 aromatic carbocycles. The topological polar surface area (TPSA) is 46.4 Å². The fraction of sp³-hybridized carbons (Fsp3) is 0.368. The standard InChI is InChI=1S/C19H22ClN3O/c20-18-6-2-1-5-17(18)13-22-19(24)16-7-10-23(11-8-16)14-15-4-3-9-21-12-15/h1-6,9,12,16H,7-8,10-11,13-14H2,(H,22,24)/p+1. The van der Waals surface area contributed by atoms with Gasteiger partial charge in [-0.15, -0.1) is 0 Å². The van der Waals surface area contributed by atoms with E-state index in [0.717, 1.165) is 38.0 Å². The Balaban J connectivity index is 1.44. The summed E-state index contributed by atoms with van der Waals surface area (Å²) in [5.41, 5.74) is 2.22. The van der Waals surface area contributed by atoms with E-state index in [1.54, 1.807) is 6.20 Å². The van der Waals surface area contributed by atoms with E-state index < -0.39 is 0 Å². The molecule has 0 spiro atoms. The summed E-state index contributed by atoms with van der Waals surface area (Å²) in [5, 5.41) is 3.73. The van der Waals surface area contributed by atoms with Gasteiger partial charge in [-0.2, -0.15) is 0 Å². The molecule has 126 valence electrons. The molecule has 5 heteroatoms. The van der Waals surface area contributed by atoms with Crippen LogP contribution in [0.2, 0.25) is 5.02 Å². The Morgan fingerprint density at radius 3 is 2.71 bits per heavy atom. The predicted octanol–water partition coefficient (Wildman–Crippen LogP) is 1.85. The number of hydrogen-bond acceptors (Lipinski definition) is 2. The lowest BCUT2D eigenvalue weighted by Crippen LogP contribution is -3.11. The number of amides is 1. The van der Waals surface area contributed by atoms with Crippen LogP contribution in [0.3, 0.4) is 0 Å². The van der Waals surface area contributed by atoms with Crippen LogP contribution in [-0.2, 0) is 17.9 Å². The highest BCUT2D eigenvalue weighted by atomic mass is 35.5. The van der Waals surface area contributed by atoms with Crippen molar-refractivity contribution < 1.29 is 9.69 Å². The number of carbonyl (C=O) groups excluding carboxylic acids is 1. The Morgan fingerprint density at radius 2 is 2.00 bits per heavy atom. The number of likely N-dealkylation sites (tertiary alicyclic amines) is 1. The lowest BCUT2D eigenvalue weighted by molar-refractivity contribution is -0.919. The summed E-state index contributed by atoms with van der Waals surface area (Å²) in [6.07, 6.45) is 5.59. The van der Waals surface area contributed by atoms with E-state index in [-0.39, 0.29) is 11.8 Å². The molecule has 2 heterocycles. The molecule has 1 amide bonds. The van der Waals surface area contributed by atoms with E-state index in [1.807, 2.05) is 36.5 Å². The third kappa shape index (κ3) is 4.56. The number of rotatable bonds is 5. The van der Waals surface area contributed by atoms with Gasteiger partial charge in [-0.25, -0.2) is 0 Å². The molecule has 0 bridgehead atoms. The highest BCUT2D eigenvalue weighted by Crippen LogP contribution is 2.15. The van der Waals surface area contributed by atoms with E-state index in [9.17, 15) is 4.79 Å². The zero-order chi connectivity index (χ0) is 16.8. The molecule has 1 aliphatic rings. The van der Waals surface area contributed by atoms with E-state index >= 15 is 0 Å². The van der Waals surface area contributed by atoms with E-state index in [0.29, 0.717) is 11.6 Å². The quantitative estimate of drug-likeness (QED) is 0.869. The monoisotopic (exact) mass is 344 g/mol. The maximum atomic E-state index is 12.4. The second-order valence-corrected chi connectivity index (χ2v) is 6.78. The van der Waals surface area contributed by atoms with Gasteiger partial charge in [-0.3, -0.25) is 9.78 Å². The number of piperidine rings is 1. The zero-order valence-corrected chi connectivity index (χ0v) is 14.4. The molecule has 24 heavy (non-hydrogen) atoms. The first-order valence-corrected chi connectivity index (χ1v) is 8.84. The van der Waals surface area contributed by atoms with Gasteiger partial charge in [0, 0.05) is 48.3 Å². The Kier molecular flexibility index (Phi) is 5.83. The van der Waals surface area contributed by atoms with Crippen LogP contribution in [-0.4, -0.2) is 24.0 Å². The second-order valence-electron chi connectivity index (χ2n) is 6.37. The van der Waals surface area contributed by atoms with E-state index in [2.05, 4.69) is 16.4 Å². The van der Waals surface area contributed by atoms with E-state index in [1.165, 1.54) is 10.5 Å². The number of halogens is 1. The van der Waals surface area contributed by atoms with Gasteiger partial charge in [0.2, 0.25) is 5.91 Å². The number of benzene rings is 1. The summed E-state index contributed by atoms with van der Waals surface area (Å²) < 4.78 is 0. The number of nitrogens with one attached hydrogen (secondary N) is 2. The molecule has 0 atom stereocenters. The average Bonchev–Trinajstić information content (AvgIpc) is 2.62. The summed E-state index contributed by atoms with van der Waals surface area (Å²) in [6.45, 7) is 3.54. The number of quaternary nitrogens is 1. The predicted molar refractivity (Wildman–Crippen MR) is 94.7 cm³/mol. The number of hydrogen-bond donors (Lipinski definition) is 2. The van der Waals surface area contributed by atoms with Crippen molar-refractivity contribution in [2.45, 2.75) is 25.9 Å². The summed E-state index contributed by atoms with van der Waals surface area (Å²) in [7, 11) is 0. The summed E-state index contributed by atoms with van der Waals surface area (Å²) >= 11 is 6.13. The minimum absolute atomic E-state index is 0.116. The van der Waals surface area contributed by atoms with Crippen LogP contribution >= 0.6 is 11.6 Å². The first-order chi connectivity index (χ1) is 11.7. The average molecular weight is 345 g/mol. The van der Waals surface area contributed by atoms with E-state index in [4.69, 9.17) is 11.6 Å². The van der Waals surface area contributed by atoms with Crippen LogP contribution in [0, 0.1) is 5.92 Å². The molecular formula is C19H23ClN3O+. The van der Waals surface area contributed by atoms with Gasteiger partial charge in [0.05, 0.1) is 13.1 Å². The van der Waals surface area contributed by atoms with Gasteiger partial charge in [-0.05, 0) is 17.7 Å². The third-order valence-electron chi connectivity index (χ3n) is 4.65. The van der Waals surface area contributed by atoms with Crippen molar-refractivity contribution in [3.05, 3.63) is 64.9 Å². The Hall–Kier alpha value is -1.91. The summed E-state index contributed by atoms with van der Waals surface area (Å²) in [5.74, 6) is 0.264. The van der Waals surface area contributed by atoms with Crippen LogP contribution in [0.15, 0.2) is 48.8 Å². The van der Waals surface area contributed by atoms with Crippen molar-refractivity contribution in [2.75, 3.05) is 13.1 Å². The van der Waals surface area contributed by atoms with Crippen molar-refractivity contribution >= 4 is 17.5 Å². The minimum Gasteiger partial charge on any atom is -0.352 e. The second kappa shape index (κ2) is 8.27. The normalized spacial score (nSPS) is 20.5. The molecular weight excluding hydrogens is 322 g/mol. The summed E-state index contributed by atoms with van der Waals surface area (Å²) in [6, 6.07) is 11.7. The molecule has 3 rings (SSSR count). The van der Waals surface area contributed by atoms with Crippen LogP contribution in [0.1, 0.15) is 24.0 Å². The van der Waals surface area contributed by atoms with Crippen LogP contribution in [0.25, 0.3) is 0 Å². The Morgan fingerprint density at radius 1 is 1.21 bits per heavy atom. The van der Waals surface area contributed by atoms with Gasteiger partial charge < -0.3 is 10.2 Å². The lowest BCUT2D eigenvalue weighted by Gasteiger charge is -2.28. The fourth-order valence-corrected chi connectivity index (χ4v) is 3.43. The lowest BCUT2D eigenvalue weighted by atomic mass is 9.95. The maximum absolute atomic E-state index is 12.4. The molecule has 2 aromatic rings. The molecule has 1 saturated heterocycles. The molecule has 0 aliphatic carbocycles. The first-order valence-electron chi connectivity index (χ1n) is 8.46. The van der Waals surface area contributed by atoms with Gasteiger partial charge in [0.15, 0.2) is 0 Å². The van der Waals surface area contributed by atoms with Crippen molar-refractivity contribution in [2.24, 2.45) is 5.92 Å². The third-order valence-corrected chi connectivity index (χ3v) is 5.02. The highest BCUT2D eigenvalue weighted by molar-refractivity contribution is 6.31. The molecule has 0 saturated carbocycles. The molecule has 1 aliphatic heterocycles. The van der Waals surface area contributed by atoms with Crippen LogP contribution in [0.4, 0.5) is 0 Å². The fourth-order valence-electron chi connectivity index (χ4n) is 3.22. The van der Waals surface area contributed by atoms with Gasteiger partial charge in [0.25, 0.3) is 0 Å². The molecule has 0 radical (unpaired) electrons. The number of aromatic nitrogens is 1. The molecule has 2 N–H and O–H groups in total. The summed E-state index contributed by atoms with van der Waals surface area (Å²) in [4.78, 5) is 18.1. The highest BCUT2D eigenvalue weighted by Gasteiger charge is 2.27. The molecule has 1 fully saturated rings. The largest absolute Gasteiger partial charge is 0.352 e. The first kappa shape index (κ1) is 16.9.